The molecule has 3 fully saturated rings. The van der Waals surface area contributed by atoms with Crippen LogP contribution in [0.2, 0.25) is 5.02 Å². The Morgan fingerprint density at radius 2 is 2.04 bits per heavy atom. The molecule has 0 saturated heterocycles. The molecule has 0 radical (unpaired) electrons. The van der Waals surface area contributed by atoms with Gasteiger partial charge in [0.1, 0.15) is 5.82 Å². The second kappa shape index (κ2) is 5.81. The number of carbonyl (C=O) groups excluding carboxylic acids is 1. The first-order valence-electron chi connectivity index (χ1n) is 8.16. The van der Waals surface area contributed by atoms with Crippen molar-refractivity contribution in [2.24, 2.45) is 10.8 Å². The summed E-state index contributed by atoms with van der Waals surface area (Å²) in [5.74, 6) is -0.404. The summed E-state index contributed by atoms with van der Waals surface area (Å²) in [6.45, 7) is 0.412. The third-order valence-electron chi connectivity index (χ3n) is 5.27. The van der Waals surface area contributed by atoms with E-state index in [1.165, 1.54) is 31.4 Å². The molecule has 136 valence electrons. The van der Waals surface area contributed by atoms with Crippen LogP contribution in [0.4, 0.5) is 10.1 Å². The van der Waals surface area contributed by atoms with E-state index in [-0.39, 0.29) is 39.6 Å². The molecule has 26 heavy (non-hydrogen) atoms. The third-order valence-corrected chi connectivity index (χ3v) is 5.50. The summed E-state index contributed by atoms with van der Waals surface area (Å²) < 4.78 is 24.5. The van der Waals surface area contributed by atoms with Crippen molar-refractivity contribution in [2.75, 3.05) is 19.5 Å². The highest BCUT2D eigenvalue weighted by atomic mass is 35.5. The van der Waals surface area contributed by atoms with Gasteiger partial charge in [0.2, 0.25) is 0 Å². The van der Waals surface area contributed by atoms with Crippen LogP contribution in [0, 0.1) is 16.6 Å². The van der Waals surface area contributed by atoms with Crippen LogP contribution in [0.1, 0.15) is 19.3 Å². The summed E-state index contributed by atoms with van der Waals surface area (Å²) in [7, 11) is 1.41. The predicted molar refractivity (Wildman–Crippen MR) is 93.1 cm³/mol. The Morgan fingerprint density at radius 1 is 1.31 bits per heavy atom. The molecule has 3 aliphatic carbocycles. The number of hydrogen-bond donors (Lipinski definition) is 1. The number of halogens is 2. The van der Waals surface area contributed by atoms with E-state index in [4.69, 9.17) is 26.8 Å². The molecule has 8 heteroatoms. The number of aromatic nitrogens is 2. The second-order valence-electron chi connectivity index (χ2n) is 7.21. The van der Waals surface area contributed by atoms with Gasteiger partial charge in [-0.25, -0.2) is 4.39 Å². The van der Waals surface area contributed by atoms with Crippen LogP contribution in [0.15, 0.2) is 24.3 Å². The fourth-order valence-electron chi connectivity index (χ4n) is 4.14. The van der Waals surface area contributed by atoms with E-state index in [0.29, 0.717) is 11.6 Å². The van der Waals surface area contributed by atoms with E-state index >= 15 is 0 Å². The van der Waals surface area contributed by atoms with Crippen LogP contribution in [-0.4, -0.2) is 29.9 Å². The molecule has 3 saturated carbocycles. The number of nitrogens with zero attached hydrogens (tertiary/aromatic N) is 2. The summed E-state index contributed by atoms with van der Waals surface area (Å²) in [6.07, 6.45) is 2.27. The number of ether oxygens (including phenoxy) is 2. The summed E-state index contributed by atoms with van der Waals surface area (Å²) in [4.78, 5) is 11.7. The van der Waals surface area contributed by atoms with Crippen molar-refractivity contribution in [3.63, 3.8) is 0 Å². The Morgan fingerprint density at radius 3 is 2.69 bits per heavy atom. The predicted octanol–water partition coefficient (Wildman–Crippen LogP) is 3.24. The number of nitrogen functional groups attached to an aromatic ring is 1. The van der Waals surface area contributed by atoms with Gasteiger partial charge in [-0.3, -0.25) is 4.79 Å². The van der Waals surface area contributed by atoms with Crippen LogP contribution < -0.4 is 10.5 Å². The van der Waals surface area contributed by atoms with Crippen LogP contribution in [0.25, 0.3) is 11.3 Å². The number of methoxy groups -OCH3 is 1. The van der Waals surface area contributed by atoms with Gasteiger partial charge >= 0.3 is 5.97 Å². The normalized spacial score (nSPS) is 25.8. The van der Waals surface area contributed by atoms with Crippen molar-refractivity contribution in [1.29, 1.82) is 0 Å². The number of rotatable bonds is 5. The van der Waals surface area contributed by atoms with Gasteiger partial charge in [0.25, 0.3) is 5.88 Å². The molecule has 1 heterocycles. The number of esters is 1. The minimum atomic E-state index is -0.459. The lowest BCUT2D eigenvalue weighted by molar-refractivity contribution is -0.233. The lowest BCUT2D eigenvalue weighted by atomic mass is 9.35. The number of nitrogens with two attached hydrogens (primary N) is 1. The van der Waals surface area contributed by atoms with Gasteiger partial charge in [-0.2, -0.15) is 0 Å². The summed E-state index contributed by atoms with van der Waals surface area (Å²) in [6, 6.07) is 5.70. The zero-order valence-electron chi connectivity index (χ0n) is 14.1. The van der Waals surface area contributed by atoms with E-state index in [1.54, 1.807) is 0 Å². The lowest BCUT2D eigenvalue weighted by Gasteiger charge is -2.67. The van der Waals surface area contributed by atoms with Crippen molar-refractivity contribution in [1.82, 2.24) is 10.2 Å². The average Bonchev–Trinajstić information content (AvgIpc) is 2.55. The van der Waals surface area contributed by atoms with Gasteiger partial charge in [0.15, 0.2) is 0 Å². The third kappa shape index (κ3) is 2.58. The zero-order chi connectivity index (χ0) is 18.5. The largest absolute Gasteiger partial charge is 0.475 e. The molecule has 3 aliphatic rings. The Bertz CT molecular complexity index is 885. The van der Waals surface area contributed by atoms with E-state index < -0.39 is 5.82 Å². The molecule has 5 rings (SSSR count). The van der Waals surface area contributed by atoms with E-state index in [2.05, 4.69) is 10.2 Å². The molecule has 0 amide bonds. The molecule has 1 aromatic carbocycles. The minimum absolute atomic E-state index is 0.0138. The maximum atomic E-state index is 13.9. The first-order valence-corrected chi connectivity index (χ1v) is 8.54. The minimum Gasteiger partial charge on any atom is -0.475 e. The standard InChI is InChI=1S/C18H17ClFN3O3/c1-25-16(24)18-6-17(7-18,8-18)9-26-15-13(21)5-14(22-23-15)11-4-10(19)2-3-12(11)20/h2-5H,6-9H2,1H3,(H2,21,22). The molecule has 0 spiro atoms. The van der Waals surface area contributed by atoms with Gasteiger partial charge in [0.05, 0.1) is 30.5 Å². The fourth-order valence-corrected chi connectivity index (χ4v) is 4.31. The SMILES string of the molecule is COC(=O)C12CC(COc3nnc(-c4cc(Cl)ccc4F)cc3N)(C1)C2. The maximum Gasteiger partial charge on any atom is 0.311 e. The average molecular weight is 378 g/mol. The zero-order valence-corrected chi connectivity index (χ0v) is 14.8. The lowest BCUT2D eigenvalue weighted by Crippen LogP contribution is -2.67. The molecular weight excluding hydrogens is 361 g/mol. The molecule has 6 nitrogen and oxygen atoms in total. The van der Waals surface area contributed by atoms with Gasteiger partial charge in [-0.1, -0.05) is 11.6 Å². The first-order chi connectivity index (χ1) is 12.4. The molecular formula is C18H17ClFN3O3. The van der Waals surface area contributed by atoms with E-state index in [1.807, 2.05) is 0 Å². The Hall–Kier alpha value is -2.41. The van der Waals surface area contributed by atoms with Gasteiger partial charge in [0, 0.05) is 16.0 Å². The number of carbonyl (C=O) groups is 1. The topological polar surface area (TPSA) is 87.3 Å². The van der Waals surface area contributed by atoms with Crippen molar-refractivity contribution in [3.05, 3.63) is 35.1 Å². The monoisotopic (exact) mass is 377 g/mol. The number of anilines is 1. The summed E-state index contributed by atoms with van der Waals surface area (Å²) in [5, 5.41) is 8.36. The molecule has 1 aromatic heterocycles. The van der Waals surface area contributed by atoms with Gasteiger partial charge in [-0.05, 0) is 43.5 Å². The van der Waals surface area contributed by atoms with Crippen LogP contribution in [0.5, 0.6) is 5.88 Å². The van der Waals surface area contributed by atoms with Crippen molar-refractivity contribution >= 4 is 23.3 Å². The highest BCUT2D eigenvalue weighted by Crippen LogP contribution is 2.73. The van der Waals surface area contributed by atoms with Crippen LogP contribution in [0.3, 0.4) is 0 Å². The quantitative estimate of drug-likeness (QED) is 0.805. The van der Waals surface area contributed by atoms with Crippen molar-refractivity contribution in [3.8, 4) is 17.1 Å². The molecule has 0 atom stereocenters. The number of benzene rings is 1. The highest BCUT2D eigenvalue weighted by molar-refractivity contribution is 6.30. The fraction of sp³-hybridized carbons (Fsp3) is 0.389. The first kappa shape index (κ1) is 17.0. The smallest absolute Gasteiger partial charge is 0.311 e. The Balaban J connectivity index is 1.44. The molecule has 0 unspecified atom stereocenters. The number of hydrogen-bond acceptors (Lipinski definition) is 6. The van der Waals surface area contributed by atoms with E-state index in [9.17, 15) is 9.18 Å². The maximum absolute atomic E-state index is 13.9. The van der Waals surface area contributed by atoms with Crippen LogP contribution >= 0.6 is 11.6 Å². The molecule has 2 aromatic rings. The molecule has 2 N–H and O–H groups in total. The van der Waals surface area contributed by atoms with Crippen molar-refractivity contribution in [2.45, 2.75) is 19.3 Å². The van der Waals surface area contributed by atoms with E-state index in [0.717, 1.165) is 19.3 Å². The summed E-state index contributed by atoms with van der Waals surface area (Å²) >= 11 is 5.90. The Kier molecular flexibility index (Phi) is 3.80. The molecule has 2 bridgehead atoms. The van der Waals surface area contributed by atoms with Crippen LogP contribution in [-0.2, 0) is 9.53 Å². The summed E-state index contributed by atoms with van der Waals surface area (Å²) in [5.41, 5.74) is 6.43. The van der Waals surface area contributed by atoms with Gasteiger partial charge < -0.3 is 15.2 Å². The Labute approximate surface area is 154 Å². The highest BCUT2D eigenvalue weighted by Gasteiger charge is 2.72. The van der Waals surface area contributed by atoms with Crippen molar-refractivity contribution < 1.29 is 18.7 Å². The van der Waals surface area contributed by atoms with Gasteiger partial charge in [-0.15, -0.1) is 10.2 Å². The molecule has 0 aliphatic heterocycles. The second-order valence-corrected chi connectivity index (χ2v) is 7.64.